The van der Waals surface area contributed by atoms with Crippen molar-refractivity contribution in [3.05, 3.63) is 42.0 Å². The topological polar surface area (TPSA) is 68.8 Å². The number of rotatable bonds is 4. The molecule has 124 valence electrons. The molecule has 1 amide bonds. The van der Waals surface area contributed by atoms with Gasteiger partial charge in [0.1, 0.15) is 11.8 Å². The Balaban J connectivity index is 1.41. The highest BCUT2D eigenvalue weighted by Crippen LogP contribution is 2.34. The molecular formula is C18H18N2O4. The summed E-state index contributed by atoms with van der Waals surface area (Å²) in [6, 6.07) is 10.9. The number of carbonyl (C=O) groups excluding carboxylic acids is 1. The van der Waals surface area contributed by atoms with E-state index in [4.69, 9.17) is 14.2 Å². The Bertz CT molecular complexity index is 791. The normalized spacial score (nSPS) is 15.4. The number of carbonyl (C=O) groups is 1. The highest BCUT2D eigenvalue weighted by molar-refractivity contribution is 5.96. The van der Waals surface area contributed by atoms with Gasteiger partial charge in [-0.05, 0) is 42.8 Å². The summed E-state index contributed by atoms with van der Waals surface area (Å²) >= 11 is 0. The summed E-state index contributed by atoms with van der Waals surface area (Å²) in [6.07, 6.45) is 0.905. The van der Waals surface area contributed by atoms with Crippen LogP contribution >= 0.6 is 0 Å². The highest BCUT2D eigenvalue weighted by atomic mass is 16.7. The Kier molecular flexibility index (Phi) is 3.65. The van der Waals surface area contributed by atoms with E-state index in [-0.39, 0.29) is 18.7 Å². The van der Waals surface area contributed by atoms with E-state index in [0.29, 0.717) is 17.2 Å². The van der Waals surface area contributed by atoms with Crippen LogP contribution in [0.5, 0.6) is 17.2 Å². The SMILES string of the molecule is CC(Nc1ccc2c(c1)CCO2)C(=O)Nc1ccc2c(c1)OCO2. The van der Waals surface area contributed by atoms with E-state index in [2.05, 4.69) is 10.6 Å². The summed E-state index contributed by atoms with van der Waals surface area (Å²) < 4.78 is 16.1. The van der Waals surface area contributed by atoms with Crippen molar-refractivity contribution in [2.75, 3.05) is 24.0 Å². The molecule has 24 heavy (non-hydrogen) atoms. The van der Waals surface area contributed by atoms with Gasteiger partial charge in [0.05, 0.1) is 6.61 Å². The van der Waals surface area contributed by atoms with Gasteiger partial charge in [-0.3, -0.25) is 4.79 Å². The second-order valence-electron chi connectivity index (χ2n) is 5.84. The molecule has 2 N–H and O–H groups in total. The second-order valence-corrected chi connectivity index (χ2v) is 5.84. The molecule has 0 fully saturated rings. The van der Waals surface area contributed by atoms with Gasteiger partial charge >= 0.3 is 0 Å². The fraction of sp³-hybridized carbons (Fsp3) is 0.278. The van der Waals surface area contributed by atoms with Crippen molar-refractivity contribution in [3.63, 3.8) is 0 Å². The Morgan fingerprint density at radius 2 is 1.79 bits per heavy atom. The van der Waals surface area contributed by atoms with Gasteiger partial charge in [-0.15, -0.1) is 0 Å². The standard InChI is InChI=1S/C18H18N2O4/c1-11(19-13-2-4-15-12(8-13)6-7-22-15)18(21)20-14-3-5-16-17(9-14)24-10-23-16/h2-5,8-9,11,19H,6-7,10H2,1H3,(H,20,21). The Hall–Kier alpha value is -2.89. The third kappa shape index (κ3) is 2.82. The number of benzene rings is 2. The van der Waals surface area contributed by atoms with Crippen molar-refractivity contribution in [2.24, 2.45) is 0 Å². The van der Waals surface area contributed by atoms with E-state index in [9.17, 15) is 4.79 Å². The van der Waals surface area contributed by atoms with Gasteiger partial charge in [0.25, 0.3) is 0 Å². The quantitative estimate of drug-likeness (QED) is 0.904. The summed E-state index contributed by atoms with van der Waals surface area (Å²) in [7, 11) is 0. The first-order chi connectivity index (χ1) is 11.7. The molecule has 2 aliphatic rings. The molecule has 2 aromatic rings. The fourth-order valence-electron chi connectivity index (χ4n) is 2.82. The van der Waals surface area contributed by atoms with Crippen molar-refractivity contribution in [1.82, 2.24) is 0 Å². The third-order valence-electron chi connectivity index (χ3n) is 4.11. The van der Waals surface area contributed by atoms with Crippen molar-refractivity contribution >= 4 is 17.3 Å². The van der Waals surface area contributed by atoms with Crippen molar-refractivity contribution in [3.8, 4) is 17.2 Å². The molecule has 6 heteroatoms. The molecule has 2 aliphatic heterocycles. The lowest BCUT2D eigenvalue weighted by Crippen LogP contribution is -2.31. The molecule has 0 aliphatic carbocycles. The lowest BCUT2D eigenvalue weighted by atomic mass is 10.1. The molecule has 6 nitrogen and oxygen atoms in total. The lowest BCUT2D eigenvalue weighted by Gasteiger charge is -2.16. The minimum atomic E-state index is -0.379. The first-order valence-electron chi connectivity index (χ1n) is 7.92. The first-order valence-corrected chi connectivity index (χ1v) is 7.92. The molecule has 0 radical (unpaired) electrons. The second kappa shape index (κ2) is 5.96. The molecule has 0 aromatic heterocycles. The summed E-state index contributed by atoms with van der Waals surface area (Å²) in [5.41, 5.74) is 2.76. The Morgan fingerprint density at radius 1 is 1.00 bits per heavy atom. The minimum absolute atomic E-state index is 0.120. The fourth-order valence-corrected chi connectivity index (χ4v) is 2.82. The summed E-state index contributed by atoms with van der Waals surface area (Å²) in [4.78, 5) is 12.4. The largest absolute Gasteiger partial charge is 0.493 e. The number of amides is 1. The monoisotopic (exact) mass is 326 g/mol. The van der Waals surface area contributed by atoms with Crippen LogP contribution in [0, 0.1) is 0 Å². The predicted octanol–water partition coefficient (Wildman–Crippen LogP) is 2.79. The predicted molar refractivity (Wildman–Crippen MR) is 89.9 cm³/mol. The molecule has 0 bridgehead atoms. The van der Waals surface area contributed by atoms with E-state index in [1.165, 1.54) is 5.56 Å². The molecule has 0 saturated heterocycles. The van der Waals surface area contributed by atoms with Crippen LogP contribution in [0.2, 0.25) is 0 Å². The van der Waals surface area contributed by atoms with Crippen LogP contribution in [0.4, 0.5) is 11.4 Å². The van der Waals surface area contributed by atoms with E-state index in [0.717, 1.165) is 24.5 Å². The van der Waals surface area contributed by atoms with Gasteiger partial charge in [0.2, 0.25) is 12.7 Å². The van der Waals surface area contributed by atoms with E-state index in [1.807, 2.05) is 25.1 Å². The Morgan fingerprint density at radius 3 is 2.71 bits per heavy atom. The number of anilines is 2. The summed E-state index contributed by atoms with van der Waals surface area (Å²) in [6.45, 7) is 2.76. The van der Waals surface area contributed by atoms with Crippen LogP contribution < -0.4 is 24.8 Å². The zero-order valence-electron chi connectivity index (χ0n) is 13.3. The first kappa shape index (κ1) is 14.7. The zero-order chi connectivity index (χ0) is 16.5. The molecular weight excluding hydrogens is 308 g/mol. The van der Waals surface area contributed by atoms with Gasteiger partial charge in [0.15, 0.2) is 11.5 Å². The molecule has 1 unspecified atom stereocenters. The number of ether oxygens (including phenoxy) is 3. The number of hydrogen-bond donors (Lipinski definition) is 2. The van der Waals surface area contributed by atoms with Crippen LogP contribution in [0.1, 0.15) is 12.5 Å². The van der Waals surface area contributed by atoms with Gasteiger partial charge in [-0.2, -0.15) is 0 Å². The number of nitrogens with one attached hydrogen (secondary N) is 2. The maximum absolute atomic E-state index is 12.4. The number of hydrogen-bond acceptors (Lipinski definition) is 5. The lowest BCUT2D eigenvalue weighted by molar-refractivity contribution is -0.116. The average molecular weight is 326 g/mol. The summed E-state index contributed by atoms with van der Waals surface area (Å²) in [5.74, 6) is 2.15. The minimum Gasteiger partial charge on any atom is -0.493 e. The smallest absolute Gasteiger partial charge is 0.246 e. The van der Waals surface area contributed by atoms with Gasteiger partial charge < -0.3 is 24.8 Å². The molecule has 2 aromatic carbocycles. The maximum atomic E-state index is 12.4. The van der Waals surface area contributed by atoms with Crippen LogP contribution in [0.3, 0.4) is 0 Å². The molecule has 1 atom stereocenters. The molecule has 0 saturated carbocycles. The maximum Gasteiger partial charge on any atom is 0.246 e. The average Bonchev–Trinajstić information content (AvgIpc) is 3.22. The third-order valence-corrected chi connectivity index (χ3v) is 4.11. The van der Waals surface area contributed by atoms with Crippen LogP contribution in [-0.2, 0) is 11.2 Å². The van der Waals surface area contributed by atoms with Crippen LogP contribution in [0.25, 0.3) is 0 Å². The van der Waals surface area contributed by atoms with Crippen molar-refractivity contribution < 1.29 is 19.0 Å². The molecule has 0 spiro atoms. The number of fused-ring (bicyclic) bond motifs is 2. The van der Waals surface area contributed by atoms with E-state index in [1.54, 1.807) is 18.2 Å². The highest BCUT2D eigenvalue weighted by Gasteiger charge is 2.18. The van der Waals surface area contributed by atoms with Crippen LogP contribution in [0.15, 0.2) is 36.4 Å². The summed E-state index contributed by atoms with van der Waals surface area (Å²) in [5, 5.41) is 6.10. The van der Waals surface area contributed by atoms with Crippen LogP contribution in [-0.4, -0.2) is 25.3 Å². The van der Waals surface area contributed by atoms with Crippen molar-refractivity contribution in [1.29, 1.82) is 0 Å². The van der Waals surface area contributed by atoms with Crippen molar-refractivity contribution in [2.45, 2.75) is 19.4 Å². The van der Waals surface area contributed by atoms with E-state index < -0.39 is 0 Å². The van der Waals surface area contributed by atoms with Gasteiger partial charge in [-0.25, -0.2) is 0 Å². The Labute approximate surface area is 139 Å². The van der Waals surface area contributed by atoms with Gasteiger partial charge in [0, 0.05) is 23.9 Å². The van der Waals surface area contributed by atoms with E-state index >= 15 is 0 Å². The van der Waals surface area contributed by atoms with Gasteiger partial charge in [-0.1, -0.05) is 0 Å². The molecule has 2 heterocycles. The zero-order valence-corrected chi connectivity index (χ0v) is 13.3. The molecule has 4 rings (SSSR count).